The SMILES string of the molecule is CC(C)[C@H](NC(=O)C1CSC(c2ccccc2)=N1)C(=O)O. The topological polar surface area (TPSA) is 78.8 Å². The first-order valence-electron chi connectivity index (χ1n) is 6.78. The molecule has 1 aliphatic rings. The van der Waals surface area contributed by atoms with Gasteiger partial charge in [0.15, 0.2) is 0 Å². The Labute approximate surface area is 127 Å². The van der Waals surface area contributed by atoms with E-state index in [0.717, 1.165) is 10.6 Å². The second-order valence-corrected chi connectivity index (χ2v) is 6.20. The molecule has 1 aliphatic heterocycles. The number of hydrogen-bond acceptors (Lipinski definition) is 4. The quantitative estimate of drug-likeness (QED) is 0.869. The highest BCUT2D eigenvalue weighted by Crippen LogP contribution is 2.23. The highest BCUT2D eigenvalue weighted by atomic mass is 32.2. The number of carboxylic acid groups (broad SMARTS) is 1. The smallest absolute Gasteiger partial charge is 0.326 e. The number of thioether (sulfide) groups is 1. The number of amides is 1. The van der Waals surface area contributed by atoms with Crippen LogP contribution in [-0.4, -0.2) is 39.9 Å². The van der Waals surface area contributed by atoms with Crippen molar-refractivity contribution in [3.8, 4) is 0 Å². The Balaban J connectivity index is 2.05. The van der Waals surface area contributed by atoms with Crippen LogP contribution in [0.4, 0.5) is 0 Å². The van der Waals surface area contributed by atoms with Gasteiger partial charge in [-0.3, -0.25) is 9.79 Å². The number of nitrogens with one attached hydrogen (secondary N) is 1. The zero-order valence-corrected chi connectivity index (χ0v) is 12.8. The molecule has 0 bridgehead atoms. The third-order valence-electron chi connectivity index (χ3n) is 3.20. The molecule has 0 aliphatic carbocycles. The molecule has 21 heavy (non-hydrogen) atoms. The van der Waals surface area contributed by atoms with E-state index < -0.39 is 18.1 Å². The highest BCUT2D eigenvalue weighted by Gasteiger charge is 2.30. The van der Waals surface area contributed by atoms with Crippen LogP contribution in [0.3, 0.4) is 0 Å². The summed E-state index contributed by atoms with van der Waals surface area (Å²) in [5, 5.41) is 12.5. The summed E-state index contributed by atoms with van der Waals surface area (Å²) < 4.78 is 0. The van der Waals surface area contributed by atoms with Gasteiger partial charge in [-0.1, -0.05) is 44.2 Å². The van der Waals surface area contributed by atoms with Crippen LogP contribution in [0.25, 0.3) is 0 Å². The number of nitrogens with zero attached hydrogens (tertiary/aromatic N) is 1. The van der Waals surface area contributed by atoms with Gasteiger partial charge < -0.3 is 10.4 Å². The van der Waals surface area contributed by atoms with Gasteiger partial charge in [0.1, 0.15) is 12.1 Å². The van der Waals surface area contributed by atoms with Crippen LogP contribution in [0.5, 0.6) is 0 Å². The Hall–Kier alpha value is -1.82. The van der Waals surface area contributed by atoms with Gasteiger partial charge in [-0.05, 0) is 5.92 Å². The lowest BCUT2D eigenvalue weighted by Gasteiger charge is -2.19. The third kappa shape index (κ3) is 3.85. The van der Waals surface area contributed by atoms with Gasteiger partial charge in [0, 0.05) is 11.3 Å². The first-order chi connectivity index (χ1) is 9.99. The molecule has 0 saturated heterocycles. The maximum Gasteiger partial charge on any atom is 0.326 e. The molecule has 2 N–H and O–H groups in total. The molecule has 0 spiro atoms. The number of carbonyl (C=O) groups is 2. The van der Waals surface area contributed by atoms with E-state index in [-0.39, 0.29) is 11.8 Å². The number of hydrogen-bond donors (Lipinski definition) is 2. The van der Waals surface area contributed by atoms with Crippen molar-refractivity contribution in [2.24, 2.45) is 10.9 Å². The van der Waals surface area contributed by atoms with Crippen molar-refractivity contribution in [1.82, 2.24) is 5.32 Å². The van der Waals surface area contributed by atoms with Gasteiger partial charge in [-0.25, -0.2) is 4.79 Å². The molecule has 1 amide bonds. The minimum Gasteiger partial charge on any atom is -0.480 e. The number of benzene rings is 1. The van der Waals surface area contributed by atoms with Crippen LogP contribution < -0.4 is 5.32 Å². The summed E-state index contributed by atoms with van der Waals surface area (Å²) >= 11 is 1.52. The van der Waals surface area contributed by atoms with E-state index in [9.17, 15) is 9.59 Å². The summed E-state index contributed by atoms with van der Waals surface area (Å²) in [4.78, 5) is 27.7. The molecule has 0 saturated carbocycles. The van der Waals surface area contributed by atoms with Crippen LogP contribution in [0.1, 0.15) is 19.4 Å². The first kappa shape index (κ1) is 15.6. The number of carboxylic acids is 1. The average Bonchev–Trinajstić information content (AvgIpc) is 2.94. The Bertz CT molecular complexity index is 557. The molecular formula is C15H18N2O3S. The fourth-order valence-corrected chi connectivity index (χ4v) is 3.06. The van der Waals surface area contributed by atoms with Crippen LogP contribution in [0.15, 0.2) is 35.3 Å². The van der Waals surface area contributed by atoms with Crippen molar-refractivity contribution in [3.63, 3.8) is 0 Å². The summed E-state index contributed by atoms with van der Waals surface area (Å²) in [6, 6.07) is 8.26. The zero-order valence-electron chi connectivity index (χ0n) is 11.9. The second-order valence-electron chi connectivity index (χ2n) is 5.20. The molecule has 5 nitrogen and oxygen atoms in total. The van der Waals surface area contributed by atoms with E-state index in [1.807, 2.05) is 30.3 Å². The highest BCUT2D eigenvalue weighted by molar-refractivity contribution is 8.14. The lowest BCUT2D eigenvalue weighted by molar-refractivity contribution is -0.143. The molecule has 2 atom stereocenters. The molecule has 0 fully saturated rings. The third-order valence-corrected chi connectivity index (χ3v) is 4.30. The molecular weight excluding hydrogens is 288 g/mol. The lowest BCUT2D eigenvalue weighted by atomic mass is 10.0. The minimum absolute atomic E-state index is 0.168. The van der Waals surface area contributed by atoms with Gasteiger partial charge >= 0.3 is 5.97 Å². The Morgan fingerprint density at radius 2 is 2.00 bits per heavy atom. The average molecular weight is 306 g/mol. The minimum atomic E-state index is -1.02. The largest absolute Gasteiger partial charge is 0.480 e. The van der Waals surface area contributed by atoms with Crippen molar-refractivity contribution in [2.45, 2.75) is 25.9 Å². The molecule has 1 aromatic rings. The first-order valence-corrected chi connectivity index (χ1v) is 7.77. The summed E-state index contributed by atoms with van der Waals surface area (Å²) in [7, 11) is 0. The molecule has 0 aromatic heterocycles. The molecule has 2 rings (SSSR count). The van der Waals surface area contributed by atoms with Crippen molar-refractivity contribution in [3.05, 3.63) is 35.9 Å². The Kier molecular flexibility index (Phi) is 5.01. The number of rotatable bonds is 5. The monoisotopic (exact) mass is 306 g/mol. The normalized spacial score (nSPS) is 19.2. The van der Waals surface area contributed by atoms with E-state index in [2.05, 4.69) is 10.3 Å². The van der Waals surface area contributed by atoms with Crippen LogP contribution >= 0.6 is 11.8 Å². The van der Waals surface area contributed by atoms with E-state index in [0.29, 0.717) is 5.75 Å². The zero-order chi connectivity index (χ0) is 15.4. The van der Waals surface area contributed by atoms with Gasteiger partial charge in [-0.2, -0.15) is 0 Å². The van der Waals surface area contributed by atoms with Crippen molar-refractivity contribution >= 4 is 28.7 Å². The standard InChI is InChI=1S/C15H18N2O3S/c1-9(2)12(15(19)20)17-13(18)11-8-21-14(16-11)10-6-4-3-5-7-10/h3-7,9,11-12H,8H2,1-2H3,(H,17,18)(H,19,20)/t11?,12-/m0/s1. The molecule has 6 heteroatoms. The maximum atomic E-state index is 12.1. The molecule has 1 aromatic carbocycles. The summed E-state index contributed by atoms with van der Waals surface area (Å²) in [6.45, 7) is 3.53. The number of carbonyl (C=O) groups excluding carboxylic acids is 1. The molecule has 1 unspecified atom stereocenters. The summed E-state index contributed by atoms with van der Waals surface area (Å²) in [5.74, 6) is -0.968. The van der Waals surface area contributed by atoms with E-state index >= 15 is 0 Å². The van der Waals surface area contributed by atoms with E-state index in [1.165, 1.54) is 11.8 Å². The molecule has 0 radical (unpaired) electrons. The van der Waals surface area contributed by atoms with Crippen LogP contribution in [-0.2, 0) is 9.59 Å². The number of aliphatic imine (C=N–C) groups is 1. The Morgan fingerprint density at radius 3 is 2.57 bits per heavy atom. The lowest BCUT2D eigenvalue weighted by Crippen LogP contribution is -2.47. The van der Waals surface area contributed by atoms with Crippen LogP contribution in [0, 0.1) is 5.92 Å². The second kappa shape index (κ2) is 6.76. The van der Waals surface area contributed by atoms with Crippen LogP contribution in [0.2, 0.25) is 0 Å². The van der Waals surface area contributed by atoms with Crippen molar-refractivity contribution < 1.29 is 14.7 Å². The summed E-state index contributed by atoms with van der Waals surface area (Å²) in [5.41, 5.74) is 0.983. The van der Waals surface area contributed by atoms with E-state index in [4.69, 9.17) is 5.11 Å². The van der Waals surface area contributed by atoms with Crippen molar-refractivity contribution in [2.75, 3.05) is 5.75 Å². The molecule has 1 heterocycles. The molecule has 112 valence electrons. The number of aliphatic carboxylic acids is 1. The predicted octanol–water partition coefficient (Wildman–Crippen LogP) is 1.77. The fraction of sp³-hybridized carbons (Fsp3) is 0.400. The Morgan fingerprint density at radius 1 is 1.33 bits per heavy atom. The maximum absolute atomic E-state index is 12.1. The summed E-state index contributed by atoms with van der Waals surface area (Å²) in [6.07, 6.45) is 0. The van der Waals surface area contributed by atoms with Gasteiger partial charge in [-0.15, -0.1) is 11.8 Å². The fourth-order valence-electron chi connectivity index (χ4n) is 2.01. The van der Waals surface area contributed by atoms with Gasteiger partial charge in [0.05, 0.1) is 5.04 Å². The van der Waals surface area contributed by atoms with E-state index in [1.54, 1.807) is 13.8 Å². The predicted molar refractivity (Wildman–Crippen MR) is 83.6 cm³/mol. The van der Waals surface area contributed by atoms with Gasteiger partial charge in [0.25, 0.3) is 0 Å². The van der Waals surface area contributed by atoms with Crippen molar-refractivity contribution in [1.29, 1.82) is 0 Å². The van der Waals surface area contributed by atoms with Gasteiger partial charge in [0.2, 0.25) is 5.91 Å².